The van der Waals surface area contributed by atoms with Crippen LogP contribution in [0.4, 0.5) is 4.39 Å². The minimum absolute atomic E-state index is 0.221. The van der Waals surface area contributed by atoms with Gasteiger partial charge in [-0.1, -0.05) is 73.2 Å². The summed E-state index contributed by atoms with van der Waals surface area (Å²) < 4.78 is 36.6. The van der Waals surface area contributed by atoms with Gasteiger partial charge in [-0.3, -0.25) is 0 Å². The summed E-state index contributed by atoms with van der Waals surface area (Å²) in [6.45, 7) is 4.08. The monoisotopic (exact) mass is 672 g/mol. The van der Waals surface area contributed by atoms with Gasteiger partial charge >= 0.3 is 0 Å². The number of benzene rings is 5. The van der Waals surface area contributed by atoms with Gasteiger partial charge in [0.15, 0.2) is 11.6 Å². The average Bonchev–Trinajstić information content (AvgIpc) is 3.13. The molecule has 258 valence electrons. The Morgan fingerprint density at radius 2 is 1.50 bits per heavy atom. The number of hydrogen-bond donors (Lipinski definition) is 0. The number of fused-ring (bicyclic) bond motifs is 1. The minimum Gasteiger partial charge on any atom is -0.494 e. The Kier molecular flexibility index (Phi) is 12.8. The Morgan fingerprint density at radius 1 is 0.740 bits per heavy atom. The van der Waals surface area contributed by atoms with E-state index in [1.54, 1.807) is 18.5 Å². The molecule has 0 amide bonds. The highest BCUT2D eigenvalue weighted by atomic mass is 19.1. The third-order valence-electron chi connectivity index (χ3n) is 8.99. The van der Waals surface area contributed by atoms with E-state index in [4.69, 9.17) is 18.9 Å². The van der Waals surface area contributed by atoms with Crippen LogP contribution in [0.2, 0.25) is 0 Å². The molecule has 0 spiro atoms. The number of unbranched alkanes of at least 4 members (excludes halogenated alkanes) is 3. The molecule has 1 aliphatic heterocycles. The van der Waals surface area contributed by atoms with Crippen LogP contribution in [-0.4, -0.2) is 52.6 Å². The predicted octanol–water partition coefficient (Wildman–Crippen LogP) is 9.49. The fourth-order valence-corrected chi connectivity index (χ4v) is 5.96. The molecule has 1 saturated heterocycles. The van der Waals surface area contributed by atoms with E-state index in [1.807, 2.05) is 36.4 Å². The zero-order chi connectivity index (χ0) is 34.4. The van der Waals surface area contributed by atoms with Crippen LogP contribution >= 0.6 is 0 Å². The third-order valence-corrected chi connectivity index (χ3v) is 8.99. The lowest BCUT2D eigenvalue weighted by molar-refractivity contribution is -0.0718. The first kappa shape index (κ1) is 35.0. The first-order chi connectivity index (χ1) is 24.6. The second-order valence-electron chi connectivity index (χ2n) is 12.7. The number of halogens is 1. The molecule has 0 aromatic heterocycles. The highest BCUT2D eigenvalue weighted by Crippen LogP contribution is 2.28. The fraction of sp³-hybridized carbons (Fsp3) is 0.302. The normalized spacial score (nSPS) is 13.3. The standard InChI is InChI=1S/C43H45FN2O4/c1-47-43-21-18-39(26-42(43)44)38-17-16-36(40(25-38)28-46-45-27-33-11-15-35-8-4-5-9-37(35)24-33)14-10-32-12-19-41(20-13-32)50-23-7-3-2-6-22-48-29-34-30-49-31-34/h4-5,8-9,11-13,15-21,24-28,34H,2-3,6-7,10,14,22-23,29-31H2,1H3/b45-27+,46-28+. The maximum Gasteiger partial charge on any atom is 0.165 e. The average molecular weight is 673 g/mol. The minimum atomic E-state index is -0.395. The van der Waals surface area contributed by atoms with Crippen LogP contribution in [0.3, 0.4) is 0 Å². The molecule has 7 heteroatoms. The maximum atomic E-state index is 14.6. The van der Waals surface area contributed by atoms with Gasteiger partial charge in [0, 0.05) is 12.5 Å². The Balaban J connectivity index is 1.04. The molecule has 0 aliphatic carbocycles. The number of methoxy groups -OCH3 is 1. The zero-order valence-corrected chi connectivity index (χ0v) is 28.7. The Morgan fingerprint density at radius 3 is 2.28 bits per heavy atom. The fourth-order valence-electron chi connectivity index (χ4n) is 5.96. The van der Waals surface area contributed by atoms with E-state index in [0.717, 1.165) is 111 Å². The van der Waals surface area contributed by atoms with E-state index < -0.39 is 5.82 Å². The second-order valence-corrected chi connectivity index (χ2v) is 12.7. The van der Waals surface area contributed by atoms with Gasteiger partial charge in [0.05, 0.1) is 46.0 Å². The maximum absolute atomic E-state index is 14.6. The van der Waals surface area contributed by atoms with Crippen LogP contribution in [0.5, 0.6) is 11.5 Å². The van der Waals surface area contributed by atoms with Gasteiger partial charge in [0.2, 0.25) is 0 Å². The van der Waals surface area contributed by atoms with E-state index in [1.165, 1.54) is 24.1 Å². The van der Waals surface area contributed by atoms with Gasteiger partial charge in [-0.15, -0.1) is 0 Å². The van der Waals surface area contributed by atoms with Crippen molar-refractivity contribution in [1.82, 2.24) is 0 Å². The summed E-state index contributed by atoms with van der Waals surface area (Å²) in [7, 11) is 1.47. The predicted molar refractivity (Wildman–Crippen MR) is 200 cm³/mol. The van der Waals surface area contributed by atoms with E-state index in [-0.39, 0.29) is 5.75 Å². The van der Waals surface area contributed by atoms with Crippen molar-refractivity contribution >= 4 is 23.2 Å². The smallest absolute Gasteiger partial charge is 0.165 e. The van der Waals surface area contributed by atoms with Crippen molar-refractivity contribution in [2.75, 3.05) is 40.1 Å². The number of ether oxygens (including phenoxy) is 4. The number of aryl methyl sites for hydroxylation is 2. The molecule has 0 unspecified atom stereocenters. The lowest BCUT2D eigenvalue weighted by atomic mass is 9.95. The van der Waals surface area contributed by atoms with E-state index >= 15 is 0 Å². The summed E-state index contributed by atoms with van der Waals surface area (Å²) >= 11 is 0. The van der Waals surface area contributed by atoms with E-state index in [9.17, 15) is 4.39 Å². The van der Waals surface area contributed by atoms with Crippen molar-refractivity contribution < 1.29 is 23.3 Å². The highest BCUT2D eigenvalue weighted by molar-refractivity contribution is 5.91. The van der Waals surface area contributed by atoms with Gasteiger partial charge in [-0.2, -0.15) is 10.2 Å². The summed E-state index contributed by atoms with van der Waals surface area (Å²) in [5, 5.41) is 11.1. The van der Waals surface area contributed by atoms with Crippen LogP contribution in [0, 0.1) is 11.7 Å². The van der Waals surface area contributed by atoms with Gasteiger partial charge in [0.25, 0.3) is 0 Å². The largest absolute Gasteiger partial charge is 0.494 e. The Hall–Kier alpha value is -4.85. The molecule has 0 N–H and O–H groups in total. The summed E-state index contributed by atoms with van der Waals surface area (Å²) in [6.07, 6.45) is 9.64. The lowest BCUT2D eigenvalue weighted by Crippen LogP contribution is -2.31. The van der Waals surface area contributed by atoms with Crippen LogP contribution in [-0.2, 0) is 22.3 Å². The van der Waals surface area contributed by atoms with Crippen molar-refractivity contribution in [3.8, 4) is 22.6 Å². The van der Waals surface area contributed by atoms with E-state index in [2.05, 4.69) is 64.8 Å². The molecular weight excluding hydrogens is 627 g/mol. The third kappa shape index (κ3) is 10.1. The number of nitrogens with zero attached hydrogens (tertiary/aromatic N) is 2. The van der Waals surface area contributed by atoms with Crippen LogP contribution in [0.1, 0.15) is 47.9 Å². The molecule has 0 bridgehead atoms. The van der Waals surface area contributed by atoms with Crippen molar-refractivity contribution in [3.05, 3.63) is 131 Å². The lowest BCUT2D eigenvalue weighted by Gasteiger charge is -2.25. The number of hydrogen-bond acceptors (Lipinski definition) is 6. The summed E-state index contributed by atoms with van der Waals surface area (Å²) in [5.41, 5.74) is 5.94. The molecule has 6 nitrogen and oxygen atoms in total. The van der Waals surface area contributed by atoms with Crippen molar-refractivity contribution in [2.24, 2.45) is 16.1 Å². The number of rotatable bonds is 18. The molecule has 6 rings (SSSR count). The molecular formula is C43H45FN2O4. The Labute approximate surface area is 294 Å². The zero-order valence-electron chi connectivity index (χ0n) is 28.7. The molecule has 1 fully saturated rings. The Bertz CT molecular complexity index is 1880. The first-order valence-corrected chi connectivity index (χ1v) is 17.5. The molecule has 1 heterocycles. The van der Waals surface area contributed by atoms with Crippen molar-refractivity contribution in [1.29, 1.82) is 0 Å². The van der Waals surface area contributed by atoms with Gasteiger partial charge in [-0.05, 0) is 113 Å². The molecule has 1 aliphatic rings. The highest BCUT2D eigenvalue weighted by Gasteiger charge is 2.17. The SMILES string of the molecule is COc1ccc(-c2ccc(CCc3ccc(OCCCCCCOCC4COC4)cc3)c(/C=N/N=C/c3ccc4ccccc4c3)c2)cc1F. The summed E-state index contributed by atoms with van der Waals surface area (Å²) in [5.74, 6) is 1.32. The molecule has 5 aromatic rings. The molecule has 0 atom stereocenters. The van der Waals surface area contributed by atoms with E-state index in [0.29, 0.717) is 5.92 Å². The molecule has 0 radical (unpaired) electrons. The molecule has 5 aromatic carbocycles. The summed E-state index contributed by atoms with van der Waals surface area (Å²) in [4.78, 5) is 0. The topological polar surface area (TPSA) is 61.6 Å². The van der Waals surface area contributed by atoms with Crippen LogP contribution < -0.4 is 9.47 Å². The van der Waals surface area contributed by atoms with Crippen molar-refractivity contribution in [2.45, 2.75) is 38.5 Å². The first-order valence-electron chi connectivity index (χ1n) is 17.5. The van der Waals surface area contributed by atoms with Gasteiger partial charge in [-0.25, -0.2) is 4.39 Å². The second kappa shape index (κ2) is 18.2. The van der Waals surface area contributed by atoms with Crippen molar-refractivity contribution in [3.63, 3.8) is 0 Å². The molecule has 0 saturated carbocycles. The van der Waals surface area contributed by atoms with Crippen LogP contribution in [0.15, 0.2) is 113 Å². The quantitative estimate of drug-likeness (QED) is 0.0529. The van der Waals surface area contributed by atoms with Gasteiger partial charge < -0.3 is 18.9 Å². The van der Waals surface area contributed by atoms with Gasteiger partial charge in [0.1, 0.15) is 5.75 Å². The molecule has 50 heavy (non-hydrogen) atoms. The van der Waals surface area contributed by atoms with Crippen LogP contribution in [0.25, 0.3) is 21.9 Å². The summed E-state index contributed by atoms with van der Waals surface area (Å²) in [6, 6.07) is 34.0.